The van der Waals surface area contributed by atoms with E-state index >= 15 is 0 Å². The molecule has 0 radical (unpaired) electrons. The summed E-state index contributed by atoms with van der Waals surface area (Å²) in [6.07, 6.45) is -5.81. The van der Waals surface area contributed by atoms with E-state index in [2.05, 4.69) is 10.1 Å². The molecule has 0 spiro atoms. The lowest BCUT2D eigenvalue weighted by Gasteiger charge is -2.24. The first-order valence-electron chi connectivity index (χ1n) is 10.7. The van der Waals surface area contributed by atoms with Gasteiger partial charge in [-0.05, 0) is 37.5 Å². The van der Waals surface area contributed by atoms with Gasteiger partial charge in [-0.25, -0.2) is 17.2 Å². The number of benzene rings is 1. The molecule has 2 aromatic rings. The molecule has 1 aromatic heterocycles. The number of carbonyl (C=O) groups is 1. The van der Waals surface area contributed by atoms with Crippen LogP contribution in [-0.4, -0.2) is 66.9 Å². The maximum Gasteiger partial charge on any atom is 0.425 e. The van der Waals surface area contributed by atoms with Gasteiger partial charge in [0.05, 0.1) is 15.9 Å². The molecule has 0 bridgehead atoms. The Bertz CT molecular complexity index is 1310. The van der Waals surface area contributed by atoms with Gasteiger partial charge in [0.2, 0.25) is 5.89 Å². The van der Waals surface area contributed by atoms with Crippen LogP contribution in [0.3, 0.4) is 0 Å². The first-order chi connectivity index (χ1) is 16.1. The molecular formula is C21H20F5N3O5S. The summed E-state index contributed by atoms with van der Waals surface area (Å²) >= 11 is 0. The van der Waals surface area contributed by atoms with Crippen molar-refractivity contribution in [2.45, 2.75) is 54.2 Å². The van der Waals surface area contributed by atoms with Crippen molar-refractivity contribution in [2.75, 3.05) is 19.3 Å². The first-order valence-corrected chi connectivity index (χ1v) is 12.6. The average molecular weight is 521 g/mol. The molecule has 5 rings (SSSR count). The summed E-state index contributed by atoms with van der Waals surface area (Å²) in [5.41, 5.74) is -1.03. The van der Waals surface area contributed by atoms with Gasteiger partial charge >= 0.3 is 6.18 Å². The Hall–Kier alpha value is -2.77. The Morgan fingerprint density at radius 2 is 1.97 bits per heavy atom. The van der Waals surface area contributed by atoms with Gasteiger partial charge in [0.25, 0.3) is 11.8 Å². The summed E-state index contributed by atoms with van der Waals surface area (Å²) in [4.78, 5) is 18.6. The number of piperidine rings is 1. The van der Waals surface area contributed by atoms with E-state index in [1.807, 2.05) is 0 Å². The van der Waals surface area contributed by atoms with Crippen molar-refractivity contribution in [3.63, 3.8) is 0 Å². The molecule has 14 heteroatoms. The lowest BCUT2D eigenvalue weighted by Crippen LogP contribution is -2.35. The first kappa shape index (κ1) is 23.9. The number of fused-ring (bicyclic) bond motifs is 1. The number of likely N-dealkylation sites (tertiary alicyclic amines) is 1. The second kappa shape index (κ2) is 7.37. The number of aromatic nitrogens is 2. The molecule has 1 amide bonds. The number of amides is 1. The van der Waals surface area contributed by atoms with E-state index in [0.29, 0.717) is 6.42 Å². The van der Waals surface area contributed by atoms with Crippen LogP contribution in [-0.2, 0) is 15.3 Å². The summed E-state index contributed by atoms with van der Waals surface area (Å²) in [5, 5.41) is 3.85. The van der Waals surface area contributed by atoms with Gasteiger partial charge in [0.15, 0.2) is 21.8 Å². The van der Waals surface area contributed by atoms with Crippen LogP contribution >= 0.6 is 0 Å². The Morgan fingerprint density at radius 1 is 1.29 bits per heavy atom. The van der Waals surface area contributed by atoms with Crippen molar-refractivity contribution in [1.82, 2.24) is 15.0 Å². The monoisotopic (exact) mass is 521 g/mol. The zero-order chi connectivity index (χ0) is 25.6. The Morgan fingerprint density at radius 3 is 2.57 bits per heavy atom. The van der Waals surface area contributed by atoms with Crippen molar-refractivity contribution in [2.24, 2.45) is 5.92 Å². The lowest BCUT2D eigenvalue weighted by atomic mass is 10.1. The van der Waals surface area contributed by atoms with Crippen LogP contribution in [0.1, 0.15) is 47.8 Å². The van der Waals surface area contributed by atoms with Crippen molar-refractivity contribution >= 4 is 15.7 Å². The predicted octanol–water partition coefficient (Wildman–Crippen LogP) is 3.34. The highest BCUT2D eigenvalue weighted by atomic mass is 32.2. The molecule has 3 fully saturated rings. The molecule has 0 N–H and O–H groups in total. The number of nitrogens with zero attached hydrogens (tertiary/aromatic N) is 3. The molecule has 35 heavy (non-hydrogen) atoms. The highest BCUT2D eigenvalue weighted by Crippen LogP contribution is 2.60. The highest BCUT2D eigenvalue weighted by molar-refractivity contribution is 7.90. The van der Waals surface area contributed by atoms with E-state index in [1.54, 1.807) is 0 Å². The normalized spacial score (nSPS) is 27.9. The SMILES string of the molecule is CC(Oc1ccc(S(C)(=O)=O)cc1C(=O)N1CC2C[C@]2(c2noc(C3CC3(F)F)n2)C1)C(F)(F)F. The fraction of sp³-hybridized carbons (Fsp3) is 0.571. The molecule has 3 unspecified atom stereocenters. The molecular weight excluding hydrogens is 501 g/mol. The number of rotatable bonds is 6. The van der Waals surface area contributed by atoms with E-state index in [0.717, 1.165) is 31.4 Å². The predicted molar refractivity (Wildman–Crippen MR) is 108 cm³/mol. The van der Waals surface area contributed by atoms with Crippen LogP contribution in [0.2, 0.25) is 0 Å². The molecule has 2 heterocycles. The Kier molecular flexibility index (Phi) is 5.04. The van der Waals surface area contributed by atoms with Crippen LogP contribution in [0.15, 0.2) is 27.6 Å². The summed E-state index contributed by atoms with van der Waals surface area (Å²) in [6.45, 7) is 1.06. The minimum Gasteiger partial charge on any atom is -0.480 e. The minimum absolute atomic E-state index is 0.0773. The maximum atomic E-state index is 13.3. The van der Waals surface area contributed by atoms with E-state index in [1.165, 1.54) is 4.90 Å². The van der Waals surface area contributed by atoms with Crippen LogP contribution in [0.25, 0.3) is 0 Å². The largest absolute Gasteiger partial charge is 0.480 e. The third kappa shape index (κ3) is 4.15. The number of hydrogen-bond acceptors (Lipinski definition) is 7. The summed E-state index contributed by atoms with van der Waals surface area (Å²) < 4.78 is 99.9. The lowest BCUT2D eigenvalue weighted by molar-refractivity contribution is -0.189. The standard InChI is InChI=1S/C21H20F5N3O5S/c1-10(21(24,25)26)33-15-4-3-12(35(2,31)32)5-13(15)17(30)29-8-11-6-19(11,9-29)18-27-16(34-28-18)14-7-20(14,22)23/h3-5,10-11,14H,6-9H2,1-2H3/t10?,11?,14?,19-/m0/s1. The van der Waals surface area contributed by atoms with Gasteiger partial charge in [0, 0.05) is 25.8 Å². The number of carbonyl (C=O) groups excluding carboxylic acids is 1. The summed E-state index contributed by atoms with van der Waals surface area (Å²) in [7, 11) is -3.76. The number of halogens is 5. The zero-order valence-corrected chi connectivity index (χ0v) is 19.3. The molecule has 3 aliphatic rings. The average Bonchev–Trinajstić information content (AvgIpc) is 3.43. The minimum atomic E-state index is -4.70. The highest BCUT2D eigenvalue weighted by Gasteiger charge is 2.66. The van der Waals surface area contributed by atoms with E-state index in [9.17, 15) is 35.2 Å². The van der Waals surface area contributed by atoms with Crippen molar-refractivity contribution in [3.05, 3.63) is 35.5 Å². The van der Waals surface area contributed by atoms with Gasteiger partial charge in [-0.3, -0.25) is 4.79 Å². The van der Waals surface area contributed by atoms with Crippen LogP contribution in [0, 0.1) is 5.92 Å². The van der Waals surface area contributed by atoms with Crippen LogP contribution < -0.4 is 4.74 Å². The van der Waals surface area contributed by atoms with Gasteiger partial charge in [0.1, 0.15) is 11.7 Å². The Balaban J connectivity index is 1.40. The molecule has 2 aliphatic carbocycles. The van der Waals surface area contributed by atoms with Crippen LogP contribution in [0.5, 0.6) is 5.75 Å². The number of ether oxygens (including phenoxy) is 1. The smallest absolute Gasteiger partial charge is 0.425 e. The van der Waals surface area contributed by atoms with Crippen molar-refractivity contribution in [1.29, 1.82) is 0 Å². The number of alkyl halides is 5. The van der Waals surface area contributed by atoms with Gasteiger partial charge < -0.3 is 14.2 Å². The van der Waals surface area contributed by atoms with Crippen LogP contribution in [0.4, 0.5) is 22.0 Å². The second-order valence-electron chi connectivity index (χ2n) is 9.45. The van der Waals surface area contributed by atoms with Gasteiger partial charge in [-0.2, -0.15) is 18.2 Å². The van der Waals surface area contributed by atoms with Gasteiger partial charge in [-0.1, -0.05) is 5.16 Å². The fourth-order valence-corrected chi connectivity index (χ4v) is 5.13. The third-order valence-corrected chi connectivity index (χ3v) is 7.93. The van der Waals surface area contributed by atoms with Crippen molar-refractivity contribution in [3.8, 4) is 5.75 Å². The quantitative estimate of drug-likeness (QED) is 0.538. The third-order valence-electron chi connectivity index (χ3n) is 6.82. The zero-order valence-electron chi connectivity index (χ0n) is 18.5. The van der Waals surface area contributed by atoms with Crippen molar-refractivity contribution < 1.29 is 44.4 Å². The van der Waals surface area contributed by atoms with E-state index in [4.69, 9.17) is 9.26 Å². The summed E-state index contributed by atoms with van der Waals surface area (Å²) in [5.74, 6) is -5.16. The Labute approximate surface area is 196 Å². The molecule has 1 aromatic carbocycles. The molecule has 190 valence electrons. The second-order valence-corrected chi connectivity index (χ2v) is 11.5. The molecule has 4 atom stereocenters. The van der Waals surface area contributed by atoms with Gasteiger partial charge in [-0.15, -0.1) is 0 Å². The number of sulfone groups is 1. The molecule has 1 aliphatic heterocycles. The summed E-state index contributed by atoms with van der Waals surface area (Å²) in [6, 6.07) is 3.09. The molecule has 2 saturated carbocycles. The molecule has 8 nitrogen and oxygen atoms in total. The van der Waals surface area contributed by atoms with E-state index in [-0.39, 0.29) is 47.6 Å². The fourth-order valence-electron chi connectivity index (χ4n) is 4.48. The topological polar surface area (TPSA) is 103 Å². The number of hydrogen-bond donors (Lipinski definition) is 0. The molecule has 1 saturated heterocycles. The van der Waals surface area contributed by atoms with E-state index < -0.39 is 51.0 Å². The maximum absolute atomic E-state index is 13.3.